The second-order valence-electron chi connectivity index (χ2n) is 2.98. The van der Waals surface area contributed by atoms with Crippen LogP contribution in [0.3, 0.4) is 0 Å². The molecule has 0 atom stereocenters. The highest BCUT2D eigenvalue weighted by Crippen LogP contribution is 2.13. The molecule has 0 radical (unpaired) electrons. The van der Waals surface area contributed by atoms with Crippen LogP contribution in [0.15, 0.2) is 24.8 Å². The first-order valence-corrected chi connectivity index (χ1v) is 4.50. The van der Waals surface area contributed by atoms with Crippen molar-refractivity contribution in [3.63, 3.8) is 0 Å². The summed E-state index contributed by atoms with van der Waals surface area (Å²) in [5.74, 6) is 0.380. The van der Waals surface area contributed by atoms with Gasteiger partial charge in [0.25, 0.3) is 0 Å². The normalized spacial score (nSPS) is 11.5. The minimum atomic E-state index is 0.0315. The largest absolute Gasteiger partial charge is 0.392 e. The fourth-order valence-electron chi connectivity index (χ4n) is 1.30. The lowest BCUT2D eigenvalue weighted by molar-refractivity contribution is 0.342. The molecule has 0 saturated carbocycles. The molecule has 0 unspecified atom stereocenters. The first kappa shape index (κ1) is 9.60. The van der Waals surface area contributed by atoms with Crippen molar-refractivity contribution in [3.05, 3.63) is 24.8 Å². The van der Waals surface area contributed by atoms with Crippen LogP contribution in [0.25, 0.3) is 11.2 Å². The number of nitrogens with zero attached hydrogens (tertiary/aromatic N) is 4. The number of rotatable bonds is 3. The van der Waals surface area contributed by atoms with Crippen molar-refractivity contribution in [2.45, 2.75) is 6.54 Å². The third-order valence-electron chi connectivity index (χ3n) is 2.00. The van der Waals surface area contributed by atoms with Crippen molar-refractivity contribution in [1.82, 2.24) is 19.5 Å². The molecule has 6 heteroatoms. The van der Waals surface area contributed by atoms with E-state index in [1.165, 1.54) is 6.33 Å². The lowest BCUT2D eigenvalue weighted by atomic mass is 10.4. The molecule has 2 heterocycles. The first-order valence-electron chi connectivity index (χ1n) is 4.50. The second kappa shape index (κ2) is 4.05. The van der Waals surface area contributed by atoms with Crippen molar-refractivity contribution in [3.8, 4) is 0 Å². The summed E-state index contributed by atoms with van der Waals surface area (Å²) in [4.78, 5) is 12.1. The standard InChI is InChI=1S/C9H11N5O/c10-8-7-9(12-5-11-8)14(6-13-7)3-1-2-4-15/h1-2,5-6,15H,3-4H2,(H2,10,11,12)/b2-1-. The molecule has 2 rings (SSSR count). The van der Waals surface area contributed by atoms with E-state index in [9.17, 15) is 0 Å². The van der Waals surface area contributed by atoms with Crippen molar-refractivity contribution in [2.24, 2.45) is 0 Å². The molecular weight excluding hydrogens is 194 g/mol. The molecular formula is C9H11N5O. The van der Waals surface area contributed by atoms with Crippen LogP contribution in [0.5, 0.6) is 0 Å². The summed E-state index contributed by atoms with van der Waals surface area (Å²) in [6.07, 6.45) is 6.55. The van der Waals surface area contributed by atoms with Gasteiger partial charge in [-0.2, -0.15) is 0 Å². The zero-order valence-electron chi connectivity index (χ0n) is 8.04. The average molecular weight is 205 g/mol. The van der Waals surface area contributed by atoms with Crippen molar-refractivity contribution >= 4 is 17.0 Å². The van der Waals surface area contributed by atoms with Crippen LogP contribution < -0.4 is 5.73 Å². The summed E-state index contributed by atoms with van der Waals surface area (Å²) >= 11 is 0. The Hall–Kier alpha value is -1.95. The minimum Gasteiger partial charge on any atom is -0.392 e. The Morgan fingerprint density at radius 2 is 2.20 bits per heavy atom. The maximum Gasteiger partial charge on any atom is 0.165 e. The Morgan fingerprint density at radius 3 is 3.00 bits per heavy atom. The van der Waals surface area contributed by atoms with E-state index in [4.69, 9.17) is 10.8 Å². The number of fused-ring (bicyclic) bond motifs is 1. The van der Waals surface area contributed by atoms with Crippen LogP contribution in [-0.2, 0) is 6.54 Å². The lowest BCUT2D eigenvalue weighted by Gasteiger charge is -1.98. The molecule has 0 saturated heterocycles. The number of imidazole rings is 1. The van der Waals surface area contributed by atoms with Gasteiger partial charge in [0, 0.05) is 6.54 Å². The van der Waals surface area contributed by atoms with Crippen LogP contribution in [0.2, 0.25) is 0 Å². The maximum absolute atomic E-state index is 8.59. The lowest BCUT2D eigenvalue weighted by Crippen LogP contribution is -1.97. The molecule has 2 aromatic heterocycles. The van der Waals surface area contributed by atoms with Crippen LogP contribution in [-0.4, -0.2) is 31.2 Å². The van der Waals surface area contributed by atoms with Gasteiger partial charge in [0.05, 0.1) is 12.9 Å². The van der Waals surface area contributed by atoms with Gasteiger partial charge in [0.1, 0.15) is 11.8 Å². The highest BCUT2D eigenvalue weighted by Gasteiger charge is 2.05. The fraction of sp³-hybridized carbons (Fsp3) is 0.222. The number of hydrogen-bond acceptors (Lipinski definition) is 5. The van der Waals surface area contributed by atoms with Crippen molar-refractivity contribution in [1.29, 1.82) is 0 Å². The number of aliphatic hydroxyl groups excluding tert-OH is 1. The van der Waals surface area contributed by atoms with Gasteiger partial charge in [-0.25, -0.2) is 15.0 Å². The van der Waals surface area contributed by atoms with Gasteiger partial charge in [-0.3, -0.25) is 0 Å². The zero-order chi connectivity index (χ0) is 10.7. The van der Waals surface area contributed by atoms with Gasteiger partial charge in [0.15, 0.2) is 11.5 Å². The van der Waals surface area contributed by atoms with Crippen LogP contribution in [0.1, 0.15) is 0 Å². The summed E-state index contributed by atoms with van der Waals surface area (Å²) in [6.45, 7) is 0.636. The molecule has 2 aromatic rings. The molecule has 15 heavy (non-hydrogen) atoms. The van der Waals surface area contributed by atoms with Crippen molar-refractivity contribution < 1.29 is 5.11 Å². The summed E-state index contributed by atoms with van der Waals surface area (Å²) < 4.78 is 1.83. The van der Waals surface area contributed by atoms with E-state index in [0.29, 0.717) is 23.5 Å². The smallest absolute Gasteiger partial charge is 0.165 e. The molecule has 0 fully saturated rings. The summed E-state index contributed by atoms with van der Waals surface area (Å²) in [6, 6.07) is 0. The van der Waals surface area contributed by atoms with Gasteiger partial charge in [0.2, 0.25) is 0 Å². The number of aliphatic hydroxyl groups is 1. The maximum atomic E-state index is 8.59. The molecule has 0 spiro atoms. The summed E-state index contributed by atoms with van der Waals surface area (Å²) in [5.41, 5.74) is 6.94. The Labute approximate surface area is 86.1 Å². The van der Waals surface area contributed by atoms with E-state index in [2.05, 4.69) is 15.0 Å². The Bertz CT molecular complexity index is 490. The monoisotopic (exact) mass is 205 g/mol. The number of nitrogens with two attached hydrogens (primary N) is 1. The van der Waals surface area contributed by atoms with Crippen LogP contribution in [0, 0.1) is 0 Å². The molecule has 0 aliphatic rings. The molecule has 0 aromatic carbocycles. The quantitative estimate of drug-likeness (QED) is 0.686. The van der Waals surface area contributed by atoms with Gasteiger partial charge >= 0.3 is 0 Å². The fourth-order valence-corrected chi connectivity index (χ4v) is 1.30. The molecule has 0 aliphatic heterocycles. The van der Waals surface area contributed by atoms with E-state index >= 15 is 0 Å². The molecule has 0 aliphatic carbocycles. The third kappa shape index (κ3) is 1.79. The average Bonchev–Trinajstić information content (AvgIpc) is 2.64. The highest BCUT2D eigenvalue weighted by molar-refractivity contribution is 5.81. The number of hydrogen-bond donors (Lipinski definition) is 2. The van der Waals surface area contributed by atoms with Gasteiger partial charge < -0.3 is 15.4 Å². The van der Waals surface area contributed by atoms with E-state index < -0.39 is 0 Å². The number of aromatic nitrogens is 4. The van der Waals surface area contributed by atoms with E-state index in [1.54, 1.807) is 12.4 Å². The SMILES string of the molecule is Nc1ncnc2c1ncn2C/C=C\CO. The molecule has 0 amide bonds. The number of allylic oxidation sites excluding steroid dienone is 1. The van der Waals surface area contributed by atoms with Gasteiger partial charge in [-0.1, -0.05) is 12.2 Å². The first-order chi connectivity index (χ1) is 7.33. The summed E-state index contributed by atoms with van der Waals surface area (Å²) in [7, 11) is 0. The van der Waals surface area contributed by atoms with Crippen LogP contribution >= 0.6 is 0 Å². The Morgan fingerprint density at radius 1 is 1.33 bits per heavy atom. The topological polar surface area (TPSA) is 89.9 Å². The zero-order valence-corrected chi connectivity index (χ0v) is 8.04. The molecule has 3 N–H and O–H groups in total. The second-order valence-corrected chi connectivity index (χ2v) is 2.98. The van der Waals surface area contributed by atoms with E-state index in [0.717, 1.165) is 0 Å². The summed E-state index contributed by atoms with van der Waals surface area (Å²) in [5, 5.41) is 8.59. The minimum absolute atomic E-state index is 0.0315. The van der Waals surface area contributed by atoms with Crippen molar-refractivity contribution in [2.75, 3.05) is 12.3 Å². The predicted molar refractivity (Wildman–Crippen MR) is 56.0 cm³/mol. The molecule has 6 nitrogen and oxygen atoms in total. The predicted octanol–water partition coefficient (Wildman–Crippen LogP) is -0.0430. The van der Waals surface area contributed by atoms with Gasteiger partial charge in [-0.15, -0.1) is 0 Å². The van der Waals surface area contributed by atoms with Crippen LogP contribution in [0.4, 0.5) is 5.82 Å². The Balaban J connectivity index is 2.37. The van der Waals surface area contributed by atoms with E-state index in [-0.39, 0.29) is 6.61 Å². The number of anilines is 1. The number of nitrogen functional groups attached to an aromatic ring is 1. The highest BCUT2D eigenvalue weighted by atomic mass is 16.2. The Kier molecular flexibility index (Phi) is 2.59. The van der Waals surface area contributed by atoms with Gasteiger partial charge in [-0.05, 0) is 0 Å². The van der Waals surface area contributed by atoms with E-state index in [1.807, 2.05) is 10.6 Å². The molecule has 78 valence electrons. The molecule has 0 bridgehead atoms. The third-order valence-corrected chi connectivity index (χ3v) is 2.00.